The Balaban J connectivity index is 1.90. The number of anilines is 2. The molecule has 1 N–H and O–H groups in total. The third-order valence-corrected chi connectivity index (χ3v) is 4.09. The fraction of sp³-hybridized carbons (Fsp3) is 0.562. The summed E-state index contributed by atoms with van der Waals surface area (Å²) in [5, 5.41) is 3.05. The van der Waals surface area contributed by atoms with Crippen molar-refractivity contribution >= 4 is 17.3 Å². The Morgan fingerprint density at radius 2 is 1.84 bits per heavy atom. The molecular formula is C16H22N2O. The highest BCUT2D eigenvalue weighted by atomic mass is 16.1. The predicted molar refractivity (Wildman–Crippen MR) is 78.8 cm³/mol. The van der Waals surface area contributed by atoms with E-state index in [1.54, 1.807) is 0 Å². The number of amides is 1. The minimum atomic E-state index is 0.137. The molecule has 2 heterocycles. The van der Waals surface area contributed by atoms with Crippen LogP contribution in [0.15, 0.2) is 12.1 Å². The number of carbonyl (C=O) groups excluding carboxylic acids is 1. The molecule has 19 heavy (non-hydrogen) atoms. The fourth-order valence-electron chi connectivity index (χ4n) is 3.33. The molecule has 0 atom stereocenters. The smallest absolute Gasteiger partial charge is 0.224 e. The molecule has 0 spiro atoms. The zero-order valence-corrected chi connectivity index (χ0v) is 11.7. The molecule has 0 fully saturated rings. The molecule has 0 bridgehead atoms. The van der Waals surface area contributed by atoms with Crippen LogP contribution in [0.25, 0.3) is 0 Å². The first-order valence-corrected chi connectivity index (χ1v) is 7.48. The van der Waals surface area contributed by atoms with Crippen molar-refractivity contribution in [1.82, 2.24) is 0 Å². The van der Waals surface area contributed by atoms with Gasteiger partial charge in [0.2, 0.25) is 5.91 Å². The second-order valence-corrected chi connectivity index (χ2v) is 5.64. The summed E-state index contributed by atoms with van der Waals surface area (Å²) >= 11 is 0. The highest BCUT2D eigenvalue weighted by Crippen LogP contribution is 2.37. The van der Waals surface area contributed by atoms with Crippen LogP contribution in [-0.4, -0.2) is 19.0 Å². The average Bonchev–Trinajstić information content (AvgIpc) is 2.39. The van der Waals surface area contributed by atoms with Crippen LogP contribution in [0.2, 0.25) is 0 Å². The monoisotopic (exact) mass is 258 g/mol. The maximum absolute atomic E-state index is 11.7. The Bertz CT molecular complexity index is 465. The van der Waals surface area contributed by atoms with Crippen LogP contribution in [0.1, 0.15) is 43.7 Å². The lowest BCUT2D eigenvalue weighted by Gasteiger charge is -2.37. The molecule has 0 aliphatic carbocycles. The van der Waals surface area contributed by atoms with Crippen LogP contribution in [0.5, 0.6) is 0 Å². The van der Waals surface area contributed by atoms with Crippen LogP contribution >= 0.6 is 0 Å². The van der Waals surface area contributed by atoms with E-state index in [1.165, 1.54) is 42.7 Å². The quantitative estimate of drug-likeness (QED) is 0.903. The van der Waals surface area contributed by atoms with Crippen molar-refractivity contribution in [2.24, 2.45) is 0 Å². The van der Waals surface area contributed by atoms with E-state index in [2.05, 4.69) is 22.3 Å². The highest BCUT2D eigenvalue weighted by Gasteiger charge is 2.24. The van der Waals surface area contributed by atoms with Crippen molar-refractivity contribution in [2.75, 3.05) is 23.3 Å². The SMILES string of the molecule is CCCC(=O)Nc1cc2c3c(c1)CCCN3CCC2. The minimum absolute atomic E-state index is 0.137. The second-order valence-electron chi connectivity index (χ2n) is 5.64. The molecule has 3 nitrogen and oxygen atoms in total. The van der Waals surface area contributed by atoms with Crippen molar-refractivity contribution < 1.29 is 4.79 Å². The number of hydrogen-bond donors (Lipinski definition) is 1. The van der Waals surface area contributed by atoms with Crippen LogP contribution in [0.3, 0.4) is 0 Å². The lowest BCUT2D eigenvalue weighted by molar-refractivity contribution is -0.116. The number of rotatable bonds is 3. The Hall–Kier alpha value is -1.51. The molecule has 3 heteroatoms. The number of aryl methyl sites for hydroxylation is 2. The van der Waals surface area contributed by atoms with Crippen molar-refractivity contribution in [3.05, 3.63) is 23.3 Å². The van der Waals surface area contributed by atoms with E-state index in [0.717, 1.165) is 24.9 Å². The molecule has 0 saturated heterocycles. The van der Waals surface area contributed by atoms with Crippen LogP contribution in [-0.2, 0) is 17.6 Å². The maximum atomic E-state index is 11.7. The maximum Gasteiger partial charge on any atom is 0.224 e. The van der Waals surface area contributed by atoms with Gasteiger partial charge in [-0.15, -0.1) is 0 Å². The molecule has 0 unspecified atom stereocenters. The topological polar surface area (TPSA) is 32.3 Å². The van der Waals surface area contributed by atoms with Gasteiger partial charge in [-0.3, -0.25) is 4.79 Å². The predicted octanol–water partition coefficient (Wildman–Crippen LogP) is 3.12. The van der Waals surface area contributed by atoms with Crippen LogP contribution in [0.4, 0.5) is 11.4 Å². The number of hydrogen-bond acceptors (Lipinski definition) is 2. The third-order valence-electron chi connectivity index (χ3n) is 4.09. The van der Waals surface area contributed by atoms with Gasteiger partial charge in [0.25, 0.3) is 0 Å². The molecule has 102 valence electrons. The van der Waals surface area contributed by atoms with E-state index in [-0.39, 0.29) is 5.91 Å². The summed E-state index contributed by atoms with van der Waals surface area (Å²) in [5.41, 5.74) is 5.31. The van der Waals surface area contributed by atoms with Gasteiger partial charge in [0.15, 0.2) is 0 Å². The molecule has 0 aromatic heterocycles. The van der Waals surface area contributed by atoms with Crippen molar-refractivity contribution in [3.8, 4) is 0 Å². The van der Waals surface area contributed by atoms with Gasteiger partial charge in [0.1, 0.15) is 0 Å². The van der Waals surface area contributed by atoms with Crippen LogP contribution in [0, 0.1) is 0 Å². The Morgan fingerprint density at radius 1 is 1.21 bits per heavy atom. The molecule has 1 aromatic rings. The van der Waals surface area contributed by atoms with Crippen molar-refractivity contribution in [1.29, 1.82) is 0 Å². The van der Waals surface area contributed by atoms with Gasteiger partial charge >= 0.3 is 0 Å². The van der Waals surface area contributed by atoms with E-state index in [0.29, 0.717) is 6.42 Å². The van der Waals surface area contributed by atoms with Gasteiger partial charge < -0.3 is 10.2 Å². The van der Waals surface area contributed by atoms with E-state index < -0.39 is 0 Å². The highest BCUT2D eigenvalue weighted by molar-refractivity contribution is 5.91. The van der Waals surface area contributed by atoms with Gasteiger partial charge in [0.05, 0.1) is 0 Å². The van der Waals surface area contributed by atoms with E-state index >= 15 is 0 Å². The van der Waals surface area contributed by atoms with Crippen LogP contribution < -0.4 is 10.2 Å². The lowest BCUT2D eigenvalue weighted by Crippen LogP contribution is -2.34. The summed E-state index contributed by atoms with van der Waals surface area (Å²) in [6, 6.07) is 4.37. The first kappa shape index (κ1) is 12.5. The summed E-state index contributed by atoms with van der Waals surface area (Å²) in [7, 11) is 0. The molecule has 0 saturated carbocycles. The molecule has 1 amide bonds. The van der Waals surface area contributed by atoms with Gasteiger partial charge in [-0.2, -0.15) is 0 Å². The number of carbonyl (C=O) groups is 1. The average molecular weight is 258 g/mol. The molecular weight excluding hydrogens is 236 g/mol. The van der Waals surface area contributed by atoms with Crippen molar-refractivity contribution in [2.45, 2.75) is 45.4 Å². The fourth-order valence-corrected chi connectivity index (χ4v) is 3.33. The largest absolute Gasteiger partial charge is 0.371 e. The van der Waals surface area contributed by atoms with E-state index in [1.807, 2.05) is 6.92 Å². The second kappa shape index (κ2) is 5.24. The number of nitrogens with zero attached hydrogens (tertiary/aromatic N) is 1. The summed E-state index contributed by atoms with van der Waals surface area (Å²) < 4.78 is 0. The summed E-state index contributed by atoms with van der Waals surface area (Å²) in [6.07, 6.45) is 6.28. The summed E-state index contributed by atoms with van der Waals surface area (Å²) in [4.78, 5) is 14.3. The number of nitrogens with one attached hydrogen (secondary N) is 1. The molecule has 1 aromatic carbocycles. The summed E-state index contributed by atoms with van der Waals surface area (Å²) in [6.45, 7) is 4.43. The van der Waals surface area contributed by atoms with Gasteiger partial charge in [0, 0.05) is 30.9 Å². The normalized spacial score (nSPS) is 17.0. The van der Waals surface area contributed by atoms with Gasteiger partial charge in [-0.05, 0) is 55.4 Å². The van der Waals surface area contributed by atoms with Gasteiger partial charge in [-0.1, -0.05) is 6.92 Å². The Morgan fingerprint density at radius 3 is 2.42 bits per heavy atom. The standard InChI is InChI=1S/C16H22N2O/c1-2-5-15(19)17-14-10-12-6-3-8-18-9-4-7-13(11-14)16(12)18/h10-11H,2-9H2,1H3,(H,17,19). The van der Waals surface area contributed by atoms with Gasteiger partial charge in [-0.25, -0.2) is 0 Å². The Kier molecular flexibility index (Phi) is 3.45. The minimum Gasteiger partial charge on any atom is -0.371 e. The zero-order chi connectivity index (χ0) is 13.2. The Labute approximate surface area is 115 Å². The van der Waals surface area contributed by atoms with E-state index in [9.17, 15) is 4.79 Å². The first-order valence-electron chi connectivity index (χ1n) is 7.48. The molecule has 2 aliphatic rings. The zero-order valence-electron chi connectivity index (χ0n) is 11.7. The molecule has 3 rings (SSSR count). The summed E-state index contributed by atoms with van der Waals surface area (Å²) in [5.74, 6) is 0.137. The third kappa shape index (κ3) is 2.46. The first-order chi connectivity index (χ1) is 9.28. The molecule has 0 radical (unpaired) electrons. The number of benzene rings is 1. The molecule has 2 aliphatic heterocycles. The lowest BCUT2D eigenvalue weighted by atomic mass is 9.91. The van der Waals surface area contributed by atoms with E-state index in [4.69, 9.17) is 0 Å². The van der Waals surface area contributed by atoms with Crippen molar-refractivity contribution in [3.63, 3.8) is 0 Å².